The number of anilines is 1. The number of hydrogen-bond donors (Lipinski definition) is 1. The van der Waals surface area contributed by atoms with Gasteiger partial charge in [0.15, 0.2) is 0 Å². The second-order valence-corrected chi connectivity index (χ2v) is 4.89. The minimum Gasteiger partial charge on any atom is -0.373 e. The van der Waals surface area contributed by atoms with Crippen LogP contribution in [0.15, 0.2) is 24.4 Å². The maximum atomic E-state index is 12.9. The average Bonchev–Trinajstić information content (AvgIpc) is 2.89. The lowest BCUT2D eigenvalue weighted by Gasteiger charge is -2.14. The highest BCUT2D eigenvalue weighted by molar-refractivity contribution is 5.42. The van der Waals surface area contributed by atoms with Gasteiger partial charge in [-0.3, -0.25) is 4.98 Å². The highest BCUT2D eigenvalue weighted by Gasteiger charge is 2.37. The molecule has 0 aromatic carbocycles. The first kappa shape index (κ1) is 13.8. The van der Waals surface area contributed by atoms with Crippen molar-refractivity contribution in [3.05, 3.63) is 47.2 Å². The Hall–Kier alpha value is -2.18. The Bertz CT molecular complexity index is 670. The van der Waals surface area contributed by atoms with Crippen LogP contribution in [-0.4, -0.2) is 22.0 Å². The van der Waals surface area contributed by atoms with Gasteiger partial charge in [0.2, 0.25) is 5.82 Å². The zero-order valence-corrected chi connectivity index (χ0v) is 11.3. The van der Waals surface area contributed by atoms with Gasteiger partial charge in [-0.25, -0.2) is 9.97 Å². The van der Waals surface area contributed by atoms with Crippen LogP contribution in [0.1, 0.15) is 35.1 Å². The molecule has 0 fully saturated rings. The summed E-state index contributed by atoms with van der Waals surface area (Å²) >= 11 is 0. The van der Waals surface area contributed by atoms with Gasteiger partial charge in [0.25, 0.3) is 0 Å². The van der Waals surface area contributed by atoms with E-state index in [0.717, 1.165) is 17.7 Å². The first-order valence-corrected chi connectivity index (χ1v) is 6.57. The Balaban J connectivity index is 2.07. The number of fused-ring (bicyclic) bond motifs is 1. The number of halogens is 3. The van der Waals surface area contributed by atoms with Gasteiger partial charge in [0.1, 0.15) is 5.82 Å². The molecule has 7 heteroatoms. The Kier molecular flexibility index (Phi) is 3.27. The summed E-state index contributed by atoms with van der Waals surface area (Å²) in [6.07, 6.45) is -1.40. The number of aryl methyl sites for hydroxylation is 1. The topological polar surface area (TPSA) is 50.7 Å². The van der Waals surface area contributed by atoms with E-state index in [-0.39, 0.29) is 11.7 Å². The first-order valence-electron chi connectivity index (χ1n) is 6.57. The van der Waals surface area contributed by atoms with Crippen LogP contribution >= 0.6 is 0 Å². The minimum atomic E-state index is -4.56. The summed E-state index contributed by atoms with van der Waals surface area (Å²) in [4.78, 5) is 11.5. The summed E-state index contributed by atoms with van der Waals surface area (Å²) in [6.45, 7) is 0. The van der Waals surface area contributed by atoms with Crippen LogP contribution in [0.3, 0.4) is 0 Å². The lowest BCUT2D eigenvalue weighted by Crippen LogP contribution is -2.15. The molecule has 1 N–H and O–H groups in total. The van der Waals surface area contributed by atoms with Crippen molar-refractivity contribution >= 4 is 5.82 Å². The van der Waals surface area contributed by atoms with Gasteiger partial charge in [-0.2, -0.15) is 13.2 Å². The number of nitrogens with one attached hydrogen (secondary N) is 1. The number of nitrogens with zero attached hydrogens (tertiary/aromatic N) is 3. The molecule has 0 saturated carbocycles. The third kappa shape index (κ3) is 2.55. The lowest BCUT2D eigenvalue weighted by atomic mass is 10.0. The van der Waals surface area contributed by atoms with Gasteiger partial charge in [0, 0.05) is 25.2 Å². The molecular weight excluding hydrogens is 281 g/mol. The quantitative estimate of drug-likeness (QED) is 0.925. The van der Waals surface area contributed by atoms with Crippen LogP contribution in [-0.2, 0) is 12.6 Å². The number of pyridine rings is 1. The maximum Gasteiger partial charge on any atom is 0.451 e. The van der Waals surface area contributed by atoms with Crippen molar-refractivity contribution in [1.29, 1.82) is 0 Å². The molecule has 4 nitrogen and oxygen atoms in total. The lowest BCUT2D eigenvalue weighted by molar-refractivity contribution is -0.145. The van der Waals surface area contributed by atoms with Crippen molar-refractivity contribution in [2.24, 2.45) is 0 Å². The van der Waals surface area contributed by atoms with E-state index < -0.39 is 12.0 Å². The van der Waals surface area contributed by atoms with Crippen molar-refractivity contribution in [3.63, 3.8) is 0 Å². The molecule has 0 radical (unpaired) electrons. The summed E-state index contributed by atoms with van der Waals surface area (Å²) in [7, 11) is 1.53. The third-order valence-electron chi connectivity index (χ3n) is 3.57. The Morgan fingerprint density at radius 1 is 1.29 bits per heavy atom. The Labute approximate surface area is 119 Å². The van der Waals surface area contributed by atoms with Gasteiger partial charge in [0.05, 0.1) is 11.4 Å². The fraction of sp³-hybridized carbons (Fsp3) is 0.357. The smallest absolute Gasteiger partial charge is 0.373 e. The van der Waals surface area contributed by atoms with Crippen molar-refractivity contribution in [3.8, 4) is 0 Å². The second-order valence-electron chi connectivity index (χ2n) is 4.89. The van der Waals surface area contributed by atoms with E-state index in [0.29, 0.717) is 12.1 Å². The van der Waals surface area contributed by atoms with E-state index in [1.54, 1.807) is 12.3 Å². The Morgan fingerprint density at radius 2 is 2.10 bits per heavy atom. The number of aromatic nitrogens is 3. The van der Waals surface area contributed by atoms with Crippen molar-refractivity contribution in [1.82, 2.24) is 15.0 Å². The Morgan fingerprint density at radius 3 is 2.81 bits per heavy atom. The predicted octanol–water partition coefficient (Wildman–Crippen LogP) is 3.01. The number of hydrogen-bond acceptors (Lipinski definition) is 4. The van der Waals surface area contributed by atoms with Crippen LogP contribution in [0.25, 0.3) is 0 Å². The van der Waals surface area contributed by atoms with E-state index in [9.17, 15) is 13.2 Å². The van der Waals surface area contributed by atoms with Crippen LogP contribution in [0.5, 0.6) is 0 Å². The molecule has 2 aromatic heterocycles. The summed E-state index contributed by atoms with van der Waals surface area (Å²) in [5.41, 5.74) is 2.24. The van der Waals surface area contributed by atoms with Crippen LogP contribution in [0, 0.1) is 0 Å². The van der Waals surface area contributed by atoms with Gasteiger partial charge < -0.3 is 5.32 Å². The fourth-order valence-electron chi connectivity index (χ4n) is 2.60. The zero-order chi connectivity index (χ0) is 15.0. The summed E-state index contributed by atoms with van der Waals surface area (Å²) in [5, 5.41) is 2.66. The van der Waals surface area contributed by atoms with E-state index >= 15 is 0 Å². The molecule has 3 rings (SSSR count). The zero-order valence-electron chi connectivity index (χ0n) is 11.3. The summed E-state index contributed by atoms with van der Waals surface area (Å²) in [5.74, 6) is -1.16. The largest absolute Gasteiger partial charge is 0.451 e. The monoisotopic (exact) mass is 294 g/mol. The third-order valence-corrected chi connectivity index (χ3v) is 3.57. The van der Waals surface area contributed by atoms with E-state index in [1.807, 2.05) is 12.1 Å². The van der Waals surface area contributed by atoms with E-state index in [2.05, 4.69) is 20.3 Å². The van der Waals surface area contributed by atoms with E-state index in [1.165, 1.54) is 7.05 Å². The van der Waals surface area contributed by atoms with Gasteiger partial charge in [-0.15, -0.1) is 0 Å². The van der Waals surface area contributed by atoms with E-state index in [4.69, 9.17) is 0 Å². The first-order chi connectivity index (χ1) is 9.99. The van der Waals surface area contributed by atoms with Crippen LogP contribution < -0.4 is 5.32 Å². The van der Waals surface area contributed by atoms with Crippen LogP contribution in [0.2, 0.25) is 0 Å². The molecule has 1 unspecified atom stereocenters. The molecule has 0 bridgehead atoms. The molecule has 1 atom stereocenters. The van der Waals surface area contributed by atoms with Gasteiger partial charge in [-0.05, 0) is 24.5 Å². The van der Waals surface area contributed by atoms with Crippen molar-refractivity contribution in [2.45, 2.75) is 24.9 Å². The molecule has 2 heterocycles. The molecule has 0 spiro atoms. The fourth-order valence-corrected chi connectivity index (χ4v) is 2.60. The second kappa shape index (κ2) is 4.98. The molecular formula is C14H13F3N4. The minimum absolute atomic E-state index is 0.164. The van der Waals surface area contributed by atoms with Crippen molar-refractivity contribution in [2.75, 3.05) is 12.4 Å². The summed E-state index contributed by atoms with van der Waals surface area (Å²) < 4.78 is 38.7. The molecule has 21 heavy (non-hydrogen) atoms. The average molecular weight is 294 g/mol. The predicted molar refractivity (Wildman–Crippen MR) is 71.0 cm³/mol. The summed E-state index contributed by atoms with van der Waals surface area (Å²) in [6, 6.07) is 5.35. The van der Waals surface area contributed by atoms with Gasteiger partial charge in [-0.1, -0.05) is 6.07 Å². The highest BCUT2D eigenvalue weighted by atomic mass is 19.4. The van der Waals surface area contributed by atoms with Crippen LogP contribution in [0.4, 0.5) is 19.0 Å². The normalized spacial score (nSPS) is 17.6. The molecule has 0 aliphatic heterocycles. The molecule has 2 aromatic rings. The SMILES string of the molecule is CNc1cc(C2CCc3cccnc32)nc(C(F)(F)F)n1. The standard InChI is InChI=1S/C14H13F3N4/c1-18-11-7-10(20-13(21-11)14(15,16)17)9-5-4-8-3-2-6-19-12(8)9/h2-3,6-7,9H,4-5H2,1H3,(H,18,20,21). The van der Waals surface area contributed by atoms with Gasteiger partial charge >= 0.3 is 6.18 Å². The molecule has 1 aliphatic rings. The molecule has 0 amide bonds. The molecule has 110 valence electrons. The highest BCUT2D eigenvalue weighted by Crippen LogP contribution is 2.37. The van der Waals surface area contributed by atoms with Crippen molar-refractivity contribution < 1.29 is 13.2 Å². The number of rotatable bonds is 2. The number of alkyl halides is 3. The molecule has 1 aliphatic carbocycles. The molecule has 0 saturated heterocycles. The maximum absolute atomic E-state index is 12.9.